The van der Waals surface area contributed by atoms with E-state index in [2.05, 4.69) is 24.6 Å². The number of pyridine rings is 2. The first-order valence-corrected chi connectivity index (χ1v) is 10.8. The maximum absolute atomic E-state index is 14.6. The highest BCUT2D eigenvalue weighted by Gasteiger charge is 2.28. The topological polar surface area (TPSA) is 150 Å². The number of carbonyl (C=O) groups is 1. The van der Waals surface area contributed by atoms with Crippen LogP contribution in [0.1, 0.15) is 41.2 Å². The van der Waals surface area contributed by atoms with Gasteiger partial charge in [0, 0.05) is 6.20 Å². The predicted molar refractivity (Wildman–Crippen MR) is 120 cm³/mol. The number of rotatable bonds is 6. The standard InChI is InChI=1S/C20H21F4N8O2S/c1-11-7-12(8-25)9-27-15(11)17(33)30-14-6-5-13(21)16(29-14)19(2,3)31-18(26)32(4)35(34)28-10-20(22,23)24/h5-7,9H,10H2,1-4H3,(H2,26,31)(H,29,30,33)/q-1. The highest BCUT2D eigenvalue weighted by Crippen LogP contribution is 2.27. The van der Waals surface area contributed by atoms with Crippen LogP contribution in [0.25, 0.3) is 0 Å². The fourth-order valence-electron chi connectivity index (χ4n) is 2.69. The molecule has 0 aliphatic carbocycles. The van der Waals surface area contributed by atoms with Crippen molar-refractivity contribution in [1.82, 2.24) is 14.3 Å². The van der Waals surface area contributed by atoms with Gasteiger partial charge in [0.15, 0.2) is 5.96 Å². The number of aromatic nitrogens is 2. The summed E-state index contributed by atoms with van der Waals surface area (Å²) in [5, 5.41) is 11.4. The molecular formula is C20H21F4N8O2S-. The monoisotopic (exact) mass is 513 g/mol. The lowest BCUT2D eigenvalue weighted by atomic mass is 10.0. The van der Waals surface area contributed by atoms with Gasteiger partial charge in [-0.1, -0.05) is 10.8 Å². The number of hydrogen-bond acceptors (Lipinski definition) is 8. The third-order valence-corrected chi connectivity index (χ3v) is 5.40. The number of nitrogens with two attached hydrogens (primary N) is 1. The van der Waals surface area contributed by atoms with Gasteiger partial charge in [0.25, 0.3) is 5.91 Å². The predicted octanol–water partition coefficient (Wildman–Crippen LogP) is 3.15. The summed E-state index contributed by atoms with van der Waals surface area (Å²) in [7, 11) is -1.38. The lowest BCUT2D eigenvalue weighted by Gasteiger charge is -2.27. The van der Waals surface area contributed by atoms with E-state index in [4.69, 9.17) is 11.0 Å². The van der Waals surface area contributed by atoms with E-state index in [-0.39, 0.29) is 22.8 Å². The zero-order chi connectivity index (χ0) is 26.6. The molecular weight excluding hydrogens is 492 g/mol. The number of carbonyl (C=O) groups excluding carboxylic acids is 1. The van der Waals surface area contributed by atoms with Crippen LogP contribution in [0.4, 0.5) is 23.4 Å². The molecule has 35 heavy (non-hydrogen) atoms. The molecule has 3 N–H and O–H groups in total. The molecule has 2 aromatic rings. The minimum absolute atomic E-state index is 0.0323. The third kappa shape index (κ3) is 7.34. The first-order valence-electron chi connectivity index (χ1n) is 9.75. The molecule has 0 aliphatic heterocycles. The number of aliphatic imine (C=N–C) groups is 1. The van der Waals surface area contributed by atoms with Crippen molar-refractivity contribution >= 4 is 28.5 Å². The van der Waals surface area contributed by atoms with Crippen molar-refractivity contribution in [3.63, 3.8) is 0 Å². The van der Waals surface area contributed by atoms with Gasteiger partial charge in [-0.3, -0.25) is 4.79 Å². The highest BCUT2D eigenvalue weighted by molar-refractivity contribution is 7.72. The van der Waals surface area contributed by atoms with Gasteiger partial charge in [0.2, 0.25) is 0 Å². The molecule has 2 heterocycles. The molecule has 0 spiro atoms. The van der Waals surface area contributed by atoms with Crippen LogP contribution in [-0.4, -0.2) is 45.9 Å². The van der Waals surface area contributed by atoms with Crippen LogP contribution < -0.4 is 11.1 Å². The Labute approximate surface area is 200 Å². The molecule has 0 saturated carbocycles. The third-order valence-electron chi connectivity index (χ3n) is 4.39. The Morgan fingerprint density at radius 3 is 2.57 bits per heavy atom. The van der Waals surface area contributed by atoms with Gasteiger partial charge in [-0.25, -0.2) is 19.4 Å². The number of anilines is 1. The first kappa shape index (κ1) is 27.4. The SMILES string of the molecule is Cc1cc(C#N)cnc1C(=O)Nc1ccc(F)c(C(C)(C)N=C(N)N(C)[S-](=O)=NCC(F)(F)F)n1. The number of nitrogens with one attached hydrogen (secondary N) is 1. The Balaban J connectivity index is 2.31. The molecule has 0 atom stereocenters. The minimum atomic E-state index is -4.65. The van der Waals surface area contributed by atoms with Crippen LogP contribution in [0.5, 0.6) is 0 Å². The van der Waals surface area contributed by atoms with E-state index >= 15 is 0 Å². The Hall–Kier alpha value is -3.80. The fourth-order valence-corrected chi connectivity index (χ4v) is 3.33. The molecule has 0 aromatic carbocycles. The van der Waals surface area contributed by atoms with Crippen LogP contribution in [-0.2, 0) is 20.5 Å². The number of nitrogens with zero attached hydrogens (tertiary/aromatic N) is 6. The minimum Gasteiger partial charge on any atom is -0.424 e. The average Bonchev–Trinajstić information content (AvgIpc) is 2.76. The number of hydrogen-bond donors (Lipinski definition) is 2. The molecule has 0 radical (unpaired) electrons. The maximum Gasteiger partial charge on any atom is 0.405 e. The quantitative estimate of drug-likeness (QED) is 0.262. The number of aryl methyl sites for hydroxylation is 1. The lowest BCUT2D eigenvalue weighted by Crippen LogP contribution is -2.36. The molecule has 0 saturated heterocycles. The normalized spacial score (nSPS) is 13.3. The van der Waals surface area contributed by atoms with Gasteiger partial charge >= 0.3 is 6.18 Å². The van der Waals surface area contributed by atoms with Crippen molar-refractivity contribution in [2.24, 2.45) is 15.1 Å². The Kier molecular flexibility index (Phi) is 8.34. The van der Waals surface area contributed by atoms with Crippen molar-refractivity contribution in [2.75, 3.05) is 18.9 Å². The van der Waals surface area contributed by atoms with Gasteiger partial charge in [-0.2, -0.15) is 18.4 Å². The average molecular weight is 514 g/mol. The number of guanidine groups is 1. The van der Waals surface area contributed by atoms with Gasteiger partial charge in [-0.15, -0.1) is 0 Å². The van der Waals surface area contributed by atoms with Crippen molar-refractivity contribution in [3.05, 3.63) is 52.7 Å². The van der Waals surface area contributed by atoms with E-state index in [1.807, 2.05) is 6.07 Å². The summed E-state index contributed by atoms with van der Waals surface area (Å²) in [5.74, 6) is -1.98. The van der Waals surface area contributed by atoms with E-state index in [1.165, 1.54) is 32.2 Å². The second kappa shape index (κ2) is 10.6. The molecule has 15 heteroatoms. The molecule has 2 aromatic heterocycles. The van der Waals surface area contributed by atoms with Crippen molar-refractivity contribution in [2.45, 2.75) is 32.5 Å². The van der Waals surface area contributed by atoms with Crippen LogP contribution in [0.3, 0.4) is 0 Å². The molecule has 10 nitrogen and oxygen atoms in total. The molecule has 0 fully saturated rings. The molecule has 0 unspecified atom stereocenters. The van der Waals surface area contributed by atoms with Gasteiger partial charge in [-0.05, 0) is 51.6 Å². The largest absolute Gasteiger partial charge is 0.424 e. The second-order valence-corrected chi connectivity index (χ2v) is 8.91. The molecule has 0 bridgehead atoms. The van der Waals surface area contributed by atoms with Crippen LogP contribution >= 0.6 is 0 Å². The Morgan fingerprint density at radius 1 is 1.34 bits per heavy atom. The van der Waals surface area contributed by atoms with Crippen LogP contribution in [0.15, 0.2) is 33.8 Å². The van der Waals surface area contributed by atoms with E-state index in [0.29, 0.717) is 9.87 Å². The summed E-state index contributed by atoms with van der Waals surface area (Å²) in [4.78, 5) is 24.7. The van der Waals surface area contributed by atoms with E-state index in [0.717, 1.165) is 13.1 Å². The number of nitriles is 1. The zero-order valence-electron chi connectivity index (χ0n) is 19.0. The molecule has 188 valence electrons. The van der Waals surface area contributed by atoms with Crippen LogP contribution in [0.2, 0.25) is 0 Å². The van der Waals surface area contributed by atoms with Gasteiger partial charge < -0.3 is 23.9 Å². The maximum atomic E-state index is 14.6. The number of halogens is 4. The van der Waals surface area contributed by atoms with Gasteiger partial charge in [0.05, 0.1) is 5.56 Å². The fraction of sp³-hybridized carbons (Fsp3) is 0.350. The van der Waals surface area contributed by atoms with Crippen molar-refractivity contribution in [3.8, 4) is 6.07 Å². The first-order chi connectivity index (χ1) is 16.1. The Morgan fingerprint density at radius 2 is 2.00 bits per heavy atom. The van der Waals surface area contributed by atoms with Crippen molar-refractivity contribution < 1.29 is 26.6 Å². The van der Waals surface area contributed by atoms with E-state index in [1.54, 1.807) is 6.92 Å². The number of alkyl halides is 3. The molecule has 2 rings (SSSR count). The van der Waals surface area contributed by atoms with Crippen LogP contribution in [0, 0.1) is 24.1 Å². The summed E-state index contributed by atoms with van der Waals surface area (Å²) >= 11 is 0. The summed E-state index contributed by atoms with van der Waals surface area (Å²) in [6, 6.07) is 5.63. The lowest BCUT2D eigenvalue weighted by molar-refractivity contribution is -0.117. The summed E-state index contributed by atoms with van der Waals surface area (Å²) in [6.45, 7) is 2.76. The summed E-state index contributed by atoms with van der Waals surface area (Å²) in [5.41, 5.74) is 4.76. The second-order valence-electron chi connectivity index (χ2n) is 7.64. The van der Waals surface area contributed by atoms with E-state index < -0.39 is 46.7 Å². The number of amides is 1. The molecule has 0 aliphatic rings. The van der Waals surface area contributed by atoms with Crippen molar-refractivity contribution in [1.29, 1.82) is 5.26 Å². The zero-order valence-corrected chi connectivity index (χ0v) is 19.8. The van der Waals surface area contributed by atoms with E-state index in [9.17, 15) is 26.6 Å². The smallest absolute Gasteiger partial charge is 0.405 e. The highest BCUT2D eigenvalue weighted by atomic mass is 32.2. The van der Waals surface area contributed by atoms with Gasteiger partial charge in [0.1, 0.15) is 41.2 Å². The Bertz CT molecular complexity index is 1280. The summed E-state index contributed by atoms with van der Waals surface area (Å²) in [6.07, 6.45) is -3.42. The summed E-state index contributed by atoms with van der Waals surface area (Å²) < 4.78 is 67.1. The molecule has 1 amide bonds.